The van der Waals surface area contributed by atoms with E-state index in [9.17, 15) is 4.79 Å². The number of carbonyl (C=O) groups excluding carboxylic acids is 1. The predicted molar refractivity (Wildman–Crippen MR) is 78.6 cm³/mol. The molecule has 0 saturated heterocycles. The summed E-state index contributed by atoms with van der Waals surface area (Å²) in [6.45, 7) is 0. The smallest absolute Gasteiger partial charge is 0.322 e. The van der Waals surface area contributed by atoms with E-state index >= 15 is 0 Å². The first-order valence-corrected chi connectivity index (χ1v) is 6.81. The molecule has 1 N–H and O–H groups in total. The lowest BCUT2D eigenvalue weighted by molar-refractivity contribution is 0.102. The molecular weight excluding hydrogens is 338 g/mol. The zero-order chi connectivity index (χ0) is 14.8. The van der Waals surface area contributed by atoms with E-state index in [2.05, 4.69) is 36.5 Å². The summed E-state index contributed by atoms with van der Waals surface area (Å²) >= 11 is 3.31. The zero-order valence-corrected chi connectivity index (χ0v) is 12.5. The molecule has 0 spiro atoms. The molecule has 1 amide bonds. The van der Waals surface area contributed by atoms with Gasteiger partial charge in [-0.15, -0.1) is 5.10 Å². The zero-order valence-electron chi connectivity index (χ0n) is 10.9. The van der Waals surface area contributed by atoms with E-state index in [4.69, 9.17) is 4.42 Å². The molecule has 0 unspecified atom stereocenters. The minimum absolute atomic E-state index is 0.0311. The first-order chi connectivity index (χ1) is 10.1. The highest BCUT2D eigenvalue weighted by Gasteiger charge is 2.14. The molecule has 0 bridgehead atoms. The van der Waals surface area contributed by atoms with Crippen LogP contribution in [0.15, 0.2) is 45.4 Å². The molecule has 21 heavy (non-hydrogen) atoms. The van der Waals surface area contributed by atoms with Crippen LogP contribution in [0, 0.1) is 0 Å². The van der Waals surface area contributed by atoms with E-state index in [1.54, 1.807) is 48.3 Å². The fourth-order valence-electron chi connectivity index (χ4n) is 1.68. The number of benzene rings is 1. The lowest BCUT2D eigenvalue weighted by Crippen LogP contribution is -2.11. The largest absolute Gasteiger partial charge is 0.401 e. The van der Waals surface area contributed by atoms with E-state index in [1.807, 2.05) is 0 Å². The molecule has 2 heterocycles. The minimum atomic E-state index is -0.321. The highest BCUT2D eigenvalue weighted by molar-refractivity contribution is 9.10. The number of hydrogen-bond donors (Lipinski definition) is 1. The van der Waals surface area contributed by atoms with Crippen molar-refractivity contribution >= 4 is 27.9 Å². The van der Waals surface area contributed by atoms with Crippen LogP contribution in [0.2, 0.25) is 0 Å². The van der Waals surface area contributed by atoms with Crippen molar-refractivity contribution in [2.75, 3.05) is 5.32 Å². The minimum Gasteiger partial charge on any atom is -0.401 e. The average molecular weight is 348 g/mol. The maximum atomic E-state index is 12.0. The quantitative estimate of drug-likeness (QED) is 0.786. The molecule has 3 rings (SSSR count). The van der Waals surface area contributed by atoms with Gasteiger partial charge in [-0.3, -0.25) is 14.8 Å². The molecule has 0 radical (unpaired) electrons. The van der Waals surface area contributed by atoms with Crippen LogP contribution in [0.4, 0.5) is 6.01 Å². The summed E-state index contributed by atoms with van der Waals surface area (Å²) in [5, 5.41) is 14.3. The number of anilines is 1. The van der Waals surface area contributed by atoms with E-state index in [-0.39, 0.29) is 17.8 Å². The summed E-state index contributed by atoms with van der Waals surface area (Å²) in [6.07, 6.45) is 1.76. The van der Waals surface area contributed by atoms with Crippen LogP contribution in [0.1, 0.15) is 10.4 Å². The third-order valence-electron chi connectivity index (χ3n) is 2.68. The van der Waals surface area contributed by atoms with Crippen molar-refractivity contribution in [1.82, 2.24) is 20.0 Å². The Labute approximate surface area is 128 Å². The molecule has 0 fully saturated rings. The van der Waals surface area contributed by atoms with Gasteiger partial charge >= 0.3 is 6.01 Å². The lowest BCUT2D eigenvalue weighted by Gasteiger charge is -2.00. The number of amides is 1. The fourth-order valence-corrected chi connectivity index (χ4v) is 1.94. The van der Waals surface area contributed by atoms with E-state index in [0.29, 0.717) is 11.3 Å². The second-order valence-electron chi connectivity index (χ2n) is 4.25. The Morgan fingerprint density at radius 2 is 2.00 bits per heavy atom. The number of nitrogens with zero attached hydrogens (tertiary/aromatic N) is 4. The second kappa shape index (κ2) is 5.49. The normalized spacial score (nSPS) is 10.6. The third kappa shape index (κ3) is 3.00. The Bertz CT molecular complexity index is 778. The highest BCUT2D eigenvalue weighted by atomic mass is 79.9. The molecule has 3 aromatic rings. The molecule has 1 aromatic carbocycles. The molecule has 0 atom stereocenters. The fraction of sp³-hybridized carbons (Fsp3) is 0.0769. The van der Waals surface area contributed by atoms with Crippen LogP contribution in [-0.2, 0) is 7.05 Å². The maximum Gasteiger partial charge on any atom is 0.322 e. The SMILES string of the molecule is Cn1ccc(-c2nnc(NC(=O)c3ccc(Br)cc3)o2)n1. The number of halogens is 1. The average Bonchev–Trinajstić information content (AvgIpc) is 3.08. The van der Waals surface area contributed by atoms with Gasteiger partial charge in [-0.25, -0.2) is 0 Å². The Hall–Kier alpha value is -2.48. The predicted octanol–water partition coefficient (Wildman–Crippen LogP) is 2.48. The standard InChI is InChI=1S/C13H10BrN5O2/c1-19-7-6-10(18-19)12-16-17-13(21-12)15-11(20)8-2-4-9(14)5-3-8/h2-7H,1H3,(H,15,17,20). The summed E-state index contributed by atoms with van der Waals surface area (Å²) in [6, 6.07) is 8.71. The summed E-state index contributed by atoms with van der Waals surface area (Å²) in [4.78, 5) is 12.0. The van der Waals surface area contributed by atoms with Crippen molar-refractivity contribution in [2.24, 2.45) is 7.05 Å². The van der Waals surface area contributed by atoms with Gasteiger partial charge in [0.2, 0.25) is 0 Å². The van der Waals surface area contributed by atoms with Gasteiger partial charge in [-0.2, -0.15) is 5.10 Å². The first kappa shape index (κ1) is 13.5. The van der Waals surface area contributed by atoms with Crippen molar-refractivity contribution < 1.29 is 9.21 Å². The number of hydrogen-bond acceptors (Lipinski definition) is 5. The number of rotatable bonds is 3. The highest BCUT2D eigenvalue weighted by Crippen LogP contribution is 2.18. The Balaban J connectivity index is 1.75. The first-order valence-electron chi connectivity index (χ1n) is 6.02. The van der Waals surface area contributed by atoms with Gasteiger partial charge in [-0.05, 0) is 30.3 Å². The van der Waals surface area contributed by atoms with Gasteiger partial charge < -0.3 is 4.42 Å². The molecule has 8 heteroatoms. The van der Waals surface area contributed by atoms with Crippen LogP contribution >= 0.6 is 15.9 Å². The molecule has 0 saturated carbocycles. The number of nitrogens with one attached hydrogen (secondary N) is 1. The van der Waals surface area contributed by atoms with E-state index < -0.39 is 0 Å². The van der Waals surface area contributed by atoms with Crippen LogP contribution < -0.4 is 5.32 Å². The van der Waals surface area contributed by atoms with Crippen molar-refractivity contribution in [1.29, 1.82) is 0 Å². The summed E-state index contributed by atoms with van der Waals surface area (Å²) in [5.41, 5.74) is 1.05. The van der Waals surface area contributed by atoms with Crippen LogP contribution in [0.3, 0.4) is 0 Å². The monoisotopic (exact) mass is 347 g/mol. The van der Waals surface area contributed by atoms with Gasteiger partial charge in [-0.1, -0.05) is 21.0 Å². The van der Waals surface area contributed by atoms with Gasteiger partial charge in [0.1, 0.15) is 5.69 Å². The lowest BCUT2D eigenvalue weighted by atomic mass is 10.2. The second-order valence-corrected chi connectivity index (χ2v) is 5.16. The third-order valence-corrected chi connectivity index (χ3v) is 3.21. The van der Waals surface area contributed by atoms with Gasteiger partial charge in [0.15, 0.2) is 0 Å². The van der Waals surface area contributed by atoms with Gasteiger partial charge in [0, 0.05) is 23.3 Å². The molecule has 106 valence electrons. The van der Waals surface area contributed by atoms with Crippen molar-refractivity contribution in [2.45, 2.75) is 0 Å². The molecule has 0 aliphatic rings. The molecular formula is C13H10BrN5O2. The molecule has 0 aliphatic carbocycles. The summed E-state index contributed by atoms with van der Waals surface area (Å²) in [5.74, 6) is -0.0690. The molecule has 2 aromatic heterocycles. The number of aryl methyl sites for hydroxylation is 1. The van der Waals surface area contributed by atoms with Crippen LogP contribution in [0.25, 0.3) is 11.6 Å². The van der Waals surface area contributed by atoms with Crippen LogP contribution in [-0.4, -0.2) is 25.9 Å². The Morgan fingerprint density at radius 1 is 1.24 bits per heavy atom. The number of carbonyl (C=O) groups is 1. The van der Waals surface area contributed by atoms with Gasteiger partial charge in [0.05, 0.1) is 0 Å². The van der Waals surface area contributed by atoms with Crippen LogP contribution in [0.5, 0.6) is 0 Å². The van der Waals surface area contributed by atoms with Crippen molar-refractivity contribution in [3.05, 3.63) is 46.6 Å². The molecule has 7 nitrogen and oxygen atoms in total. The van der Waals surface area contributed by atoms with E-state index in [0.717, 1.165) is 4.47 Å². The van der Waals surface area contributed by atoms with Crippen molar-refractivity contribution in [3.8, 4) is 11.6 Å². The van der Waals surface area contributed by atoms with Gasteiger partial charge in [0.25, 0.3) is 11.8 Å². The maximum absolute atomic E-state index is 12.0. The Morgan fingerprint density at radius 3 is 2.67 bits per heavy atom. The summed E-state index contributed by atoms with van der Waals surface area (Å²) < 4.78 is 7.88. The molecule has 0 aliphatic heterocycles. The summed E-state index contributed by atoms with van der Waals surface area (Å²) in [7, 11) is 1.79. The number of aromatic nitrogens is 4. The topological polar surface area (TPSA) is 85.8 Å². The Kier molecular flexibility index (Phi) is 3.53. The van der Waals surface area contributed by atoms with Crippen molar-refractivity contribution in [3.63, 3.8) is 0 Å². The van der Waals surface area contributed by atoms with E-state index in [1.165, 1.54) is 0 Å².